The van der Waals surface area contributed by atoms with Crippen LogP contribution >= 0.6 is 23.4 Å². The van der Waals surface area contributed by atoms with Crippen molar-refractivity contribution in [2.75, 3.05) is 0 Å². The number of carbonyl (C=O) groups is 1. The van der Waals surface area contributed by atoms with E-state index in [0.29, 0.717) is 16.7 Å². The molecule has 32 heavy (non-hydrogen) atoms. The van der Waals surface area contributed by atoms with Gasteiger partial charge in [0.25, 0.3) is 5.91 Å². The van der Waals surface area contributed by atoms with E-state index in [1.54, 1.807) is 6.08 Å². The monoisotopic (exact) mass is 461 g/mol. The van der Waals surface area contributed by atoms with Crippen LogP contribution in [0.2, 0.25) is 5.02 Å². The van der Waals surface area contributed by atoms with Crippen LogP contribution in [0.4, 0.5) is 0 Å². The Morgan fingerprint density at radius 3 is 2.66 bits per heavy atom. The molecule has 0 radical (unpaired) electrons. The molecule has 2 aliphatic heterocycles. The Balaban J connectivity index is 1.61. The number of benzene rings is 2. The van der Waals surface area contributed by atoms with Crippen molar-refractivity contribution < 1.29 is 4.79 Å². The molecule has 0 unspecified atom stereocenters. The summed E-state index contributed by atoms with van der Waals surface area (Å²) in [5.41, 5.74) is 4.36. The van der Waals surface area contributed by atoms with Crippen LogP contribution < -0.4 is 0 Å². The zero-order valence-corrected chi connectivity index (χ0v) is 19.2. The summed E-state index contributed by atoms with van der Waals surface area (Å²) in [5.74, 6) is -0.347. The van der Waals surface area contributed by atoms with Gasteiger partial charge in [-0.25, -0.2) is 0 Å². The van der Waals surface area contributed by atoms with Crippen molar-refractivity contribution >= 4 is 62.3 Å². The van der Waals surface area contributed by atoms with Gasteiger partial charge in [-0.15, -0.1) is 0 Å². The van der Waals surface area contributed by atoms with Crippen LogP contribution in [-0.4, -0.2) is 31.5 Å². The molecule has 3 aromatic rings. The lowest BCUT2D eigenvalue weighted by molar-refractivity contribution is -0.114. The first-order valence-electron chi connectivity index (χ1n) is 10.3. The Morgan fingerprint density at radius 1 is 1.16 bits per heavy atom. The molecule has 160 valence electrons. The minimum Gasteiger partial charge on any atom is -0.340 e. The second-order valence-corrected chi connectivity index (χ2v) is 9.07. The lowest BCUT2D eigenvalue weighted by atomic mass is 10.1. The number of thioether (sulfide) groups is 1. The molecule has 0 fully saturated rings. The molecule has 0 bridgehead atoms. The van der Waals surface area contributed by atoms with Gasteiger partial charge in [-0.05, 0) is 54.9 Å². The maximum atomic E-state index is 12.8. The van der Waals surface area contributed by atoms with Gasteiger partial charge in [0.1, 0.15) is 5.04 Å². The average molecular weight is 462 g/mol. The third-order valence-electron chi connectivity index (χ3n) is 5.62. The SMILES string of the molecule is CCC1=NN2C(=N)/C(=C/c3c(C)n(Cc4ccc(Cl)cc4)c4ccccc34)C(=O)N=C2S1. The number of amides is 1. The molecule has 5 rings (SSSR count). The summed E-state index contributed by atoms with van der Waals surface area (Å²) in [6.45, 7) is 4.70. The zero-order valence-electron chi connectivity index (χ0n) is 17.6. The van der Waals surface area contributed by atoms with Crippen molar-refractivity contribution in [2.24, 2.45) is 10.1 Å². The average Bonchev–Trinajstić information content (AvgIpc) is 3.32. The molecule has 1 aromatic heterocycles. The van der Waals surface area contributed by atoms with E-state index in [9.17, 15) is 4.79 Å². The highest BCUT2D eigenvalue weighted by Crippen LogP contribution is 2.32. The van der Waals surface area contributed by atoms with Crippen molar-refractivity contribution in [2.45, 2.75) is 26.8 Å². The van der Waals surface area contributed by atoms with Crippen LogP contribution in [0.5, 0.6) is 0 Å². The highest BCUT2D eigenvalue weighted by molar-refractivity contribution is 8.26. The van der Waals surface area contributed by atoms with Crippen LogP contribution in [-0.2, 0) is 11.3 Å². The molecule has 1 N–H and O–H groups in total. The number of aliphatic imine (C=N–C) groups is 1. The Morgan fingerprint density at radius 2 is 1.91 bits per heavy atom. The number of carbonyl (C=O) groups excluding carboxylic acids is 1. The number of rotatable bonds is 4. The molecular formula is C24H20ClN5OS. The normalized spacial score (nSPS) is 17.2. The molecule has 0 saturated heterocycles. The first-order valence-corrected chi connectivity index (χ1v) is 11.5. The van der Waals surface area contributed by atoms with Crippen LogP contribution in [0.3, 0.4) is 0 Å². The van der Waals surface area contributed by atoms with Gasteiger partial charge in [0.2, 0.25) is 5.17 Å². The van der Waals surface area contributed by atoms with Crippen molar-refractivity contribution in [1.82, 2.24) is 9.58 Å². The lowest BCUT2D eigenvalue weighted by Crippen LogP contribution is -2.35. The number of nitrogens with zero attached hydrogens (tertiary/aromatic N) is 4. The summed E-state index contributed by atoms with van der Waals surface area (Å²) in [6.07, 6.45) is 2.52. The Kier molecular flexibility index (Phi) is 5.23. The molecule has 8 heteroatoms. The Labute approximate surface area is 194 Å². The smallest absolute Gasteiger partial charge is 0.283 e. The van der Waals surface area contributed by atoms with E-state index >= 15 is 0 Å². The van der Waals surface area contributed by atoms with E-state index in [1.165, 1.54) is 16.8 Å². The fourth-order valence-corrected chi connectivity index (χ4v) is 4.89. The van der Waals surface area contributed by atoms with Gasteiger partial charge in [0, 0.05) is 33.7 Å². The quantitative estimate of drug-likeness (QED) is 0.508. The third kappa shape index (κ3) is 3.47. The van der Waals surface area contributed by atoms with Gasteiger partial charge in [-0.3, -0.25) is 10.2 Å². The number of hydrazone groups is 1. The molecule has 2 aliphatic rings. The van der Waals surface area contributed by atoms with E-state index < -0.39 is 5.91 Å². The number of nitrogens with one attached hydrogen (secondary N) is 1. The van der Waals surface area contributed by atoms with Crippen molar-refractivity contribution in [3.05, 3.63) is 75.9 Å². The van der Waals surface area contributed by atoms with Crippen LogP contribution in [0.1, 0.15) is 30.2 Å². The molecule has 0 saturated carbocycles. The van der Waals surface area contributed by atoms with Gasteiger partial charge in [-0.1, -0.05) is 48.9 Å². The number of amidine groups is 2. The standard InChI is InChI=1S/C24H20ClN5OS/c1-3-21-28-30-22(26)19(23(31)27-24(30)32-21)12-18-14(2)29(20-7-5-4-6-17(18)20)13-15-8-10-16(25)11-9-15/h4-12,26H,3,13H2,1-2H3/b19-12-,26-22?. The topological polar surface area (TPSA) is 73.8 Å². The molecule has 0 atom stereocenters. The zero-order chi connectivity index (χ0) is 22.4. The maximum absolute atomic E-state index is 12.8. The van der Waals surface area contributed by atoms with Crippen molar-refractivity contribution in [1.29, 1.82) is 5.41 Å². The van der Waals surface area contributed by atoms with Gasteiger partial charge in [-0.2, -0.15) is 15.1 Å². The number of aromatic nitrogens is 1. The molecular weight excluding hydrogens is 442 g/mol. The molecule has 6 nitrogen and oxygen atoms in total. The lowest BCUT2D eigenvalue weighted by Gasteiger charge is -2.20. The predicted molar refractivity (Wildman–Crippen MR) is 133 cm³/mol. The first kappa shape index (κ1) is 20.7. The van der Waals surface area contributed by atoms with Gasteiger partial charge < -0.3 is 4.57 Å². The maximum Gasteiger partial charge on any atom is 0.283 e. The second-order valence-electron chi connectivity index (χ2n) is 7.60. The minimum absolute atomic E-state index is 0.0601. The van der Waals surface area contributed by atoms with Crippen LogP contribution in [0.25, 0.3) is 17.0 Å². The molecule has 1 amide bonds. The second kappa shape index (κ2) is 8.07. The summed E-state index contributed by atoms with van der Waals surface area (Å²) in [4.78, 5) is 17.0. The summed E-state index contributed by atoms with van der Waals surface area (Å²) in [7, 11) is 0. The predicted octanol–water partition coefficient (Wildman–Crippen LogP) is 5.68. The molecule has 0 spiro atoms. The highest BCUT2D eigenvalue weighted by Gasteiger charge is 2.35. The van der Waals surface area contributed by atoms with E-state index in [1.807, 2.05) is 56.3 Å². The van der Waals surface area contributed by atoms with Gasteiger partial charge in [0.05, 0.1) is 5.57 Å². The number of para-hydroxylation sites is 1. The largest absolute Gasteiger partial charge is 0.340 e. The van der Waals surface area contributed by atoms with Crippen molar-refractivity contribution in [3.63, 3.8) is 0 Å². The van der Waals surface area contributed by atoms with Crippen molar-refractivity contribution in [3.8, 4) is 0 Å². The van der Waals surface area contributed by atoms with Gasteiger partial charge >= 0.3 is 0 Å². The van der Waals surface area contributed by atoms with E-state index in [2.05, 4.69) is 20.7 Å². The summed E-state index contributed by atoms with van der Waals surface area (Å²) in [6, 6.07) is 15.9. The Bertz CT molecular complexity index is 1370. The van der Waals surface area contributed by atoms with E-state index in [0.717, 1.165) is 39.2 Å². The molecule has 2 aromatic carbocycles. The fourth-order valence-electron chi connectivity index (χ4n) is 3.94. The number of hydrogen-bond donors (Lipinski definition) is 1. The Hall–Kier alpha value is -3.16. The molecule has 0 aliphatic carbocycles. The summed E-state index contributed by atoms with van der Waals surface area (Å²) < 4.78 is 2.22. The third-order valence-corrected chi connectivity index (χ3v) is 6.93. The number of hydrogen-bond acceptors (Lipinski definition) is 4. The summed E-state index contributed by atoms with van der Waals surface area (Å²) >= 11 is 7.39. The van der Waals surface area contributed by atoms with E-state index in [4.69, 9.17) is 17.0 Å². The minimum atomic E-state index is -0.407. The fraction of sp³-hybridized carbons (Fsp3) is 0.167. The highest BCUT2D eigenvalue weighted by atomic mass is 35.5. The number of halogens is 1. The van der Waals surface area contributed by atoms with Crippen LogP contribution in [0, 0.1) is 12.3 Å². The molecule has 3 heterocycles. The van der Waals surface area contributed by atoms with E-state index in [-0.39, 0.29) is 11.4 Å². The van der Waals surface area contributed by atoms with Crippen LogP contribution in [0.15, 0.2) is 64.2 Å². The first-order chi connectivity index (χ1) is 15.5. The van der Waals surface area contributed by atoms with Gasteiger partial charge in [0.15, 0.2) is 5.84 Å². The summed E-state index contributed by atoms with van der Waals surface area (Å²) in [5, 5.41) is 17.5. The number of fused-ring (bicyclic) bond motifs is 2.